The van der Waals surface area contributed by atoms with E-state index >= 15 is 0 Å². The van der Waals surface area contributed by atoms with E-state index < -0.39 is 12.8 Å². The second-order valence-corrected chi connectivity index (χ2v) is 7.29. The summed E-state index contributed by atoms with van der Waals surface area (Å²) in [6.07, 6.45) is 4.92. The van der Waals surface area contributed by atoms with Crippen molar-refractivity contribution in [2.24, 2.45) is 7.05 Å². The van der Waals surface area contributed by atoms with E-state index in [0.717, 1.165) is 21.5 Å². The van der Waals surface area contributed by atoms with Crippen molar-refractivity contribution in [3.8, 4) is 22.8 Å². The van der Waals surface area contributed by atoms with Crippen LogP contribution in [-0.4, -0.2) is 46.1 Å². The Morgan fingerprint density at radius 1 is 1.46 bits per heavy atom. The van der Waals surface area contributed by atoms with Crippen molar-refractivity contribution in [1.82, 2.24) is 14.5 Å². The number of nitrogens with zero attached hydrogens (tertiary/aromatic N) is 3. The molecule has 1 aliphatic heterocycles. The van der Waals surface area contributed by atoms with Gasteiger partial charge in [-0.2, -0.15) is 0 Å². The molecule has 0 fully saturated rings. The number of aryl methyl sites for hydroxylation is 1. The largest absolute Gasteiger partial charge is 0.483 e. The van der Waals surface area contributed by atoms with E-state index in [1.807, 2.05) is 24.1 Å². The quantitative estimate of drug-likeness (QED) is 0.674. The molecule has 0 spiro atoms. The minimum atomic E-state index is -0.624. The van der Waals surface area contributed by atoms with Crippen LogP contribution in [0.5, 0.6) is 11.5 Å². The minimum Gasteiger partial charge on any atom is -0.483 e. The zero-order chi connectivity index (χ0) is 19.8. The molecule has 0 radical (unpaired) electrons. The molecule has 4 heterocycles. The van der Waals surface area contributed by atoms with Gasteiger partial charge in [0.15, 0.2) is 17.6 Å². The maximum absolute atomic E-state index is 13.1. The van der Waals surface area contributed by atoms with Crippen LogP contribution in [0.1, 0.15) is 6.92 Å². The molecule has 0 saturated carbocycles. The molecule has 0 saturated heterocycles. The molecule has 9 heteroatoms. The van der Waals surface area contributed by atoms with Gasteiger partial charge in [-0.15, -0.1) is 11.8 Å². The number of fused-ring (bicyclic) bond motifs is 2. The first-order valence-electron chi connectivity index (χ1n) is 8.67. The van der Waals surface area contributed by atoms with Crippen LogP contribution in [0.3, 0.4) is 0 Å². The van der Waals surface area contributed by atoms with Crippen molar-refractivity contribution in [2.45, 2.75) is 18.1 Å². The highest BCUT2D eigenvalue weighted by molar-refractivity contribution is 7.98. The van der Waals surface area contributed by atoms with E-state index in [2.05, 4.69) is 10.3 Å². The lowest BCUT2D eigenvalue weighted by atomic mass is 10.1. The van der Waals surface area contributed by atoms with Gasteiger partial charge in [0.25, 0.3) is 0 Å². The highest BCUT2D eigenvalue weighted by atomic mass is 32.2. The fourth-order valence-electron chi connectivity index (χ4n) is 3.18. The van der Waals surface area contributed by atoms with Gasteiger partial charge in [0.1, 0.15) is 29.8 Å². The summed E-state index contributed by atoms with van der Waals surface area (Å²) in [6, 6.07) is 3.57. The molecule has 1 atom stereocenters. The number of aromatic nitrogens is 3. The van der Waals surface area contributed by atoms with Gasteiger partial charge >= 0.3 is 0 Å². The third-order valence-corrected chi connectivity index (χ3v) is 5.07. The molecular formula is C19H19FN4O3S. The highest BCUT2D eigenvalue weighted by Crippen LogP contribution is 2.44. The number of hydrogen-bond acceptors (Lipinski definition) is 6. The van der Waals surface area contributed by atoms with Crippen LogP contribution in [0.2, 0.25) is 0 Å². The van der Waals surface area contributed by atoms with Crippen LogP contribution in [0.25, 0.3) is 22.2 Å². The fraction of sp³-hybridized carbons (Fsp3) is 0.316. The molecule has 0 aromatic carbocycles. The third kappa shape index (κ3) is 3.26. The zero-order valence-corrected chi connectivity index (χ0v) is 16.5. The third-order valence-electron chi connectivity index (χ3n) is 4.44. The number of anilines is 1. The van der Waals surface area contributed by atoms with E-state index in [-0.39, 0.29) is 12.5 Å². The molecule has 4 rings (SSSR count). The van der Waals surface area contributed by atoms with E-state index in [1.54, 1.807) is 18.3 Å². The standard InChI is InChI=1S/C19H19FN4O3S/c1-10(25)22-16-4-12-13(8-24(2)14(12)7-21-16)18-19-15(5-17(23-18)28-3)27-11(6-20)9-26-19/h4-5,7-8,11H,6,9H2,1-3H3,(H,21,22,25). The Morgan fingerprint density at radius 3 is 3.00 bits per heavy atom. The molecule has 3 aromatic rings. The second kappa shape index (κ2) is 7.31. The Labute approximate surface area is 165 Å². The van der Waals surface area contributed by atoms with Crippen molar-refractivity contribution in [3.05, 3.63) is 24.5 Å². The Morgan fingerprint density at radius 2 is 2.29 bits per heavy atom. The van der Waals surface area contributed by atoms with E-state index in [0.29, 0.717) is 23.0 Å². The number of carbonyl (C=O) groups excluding carboxylic acids is 1. The first-order valence-corrected chi connectivity index (χ1v) is 9.90. The Hall–Kier alpha value is -2.81. The van der Waals surface area contributed by atoms with Gasteiger partial charge in [-0.25, -0.2) is 14.4 Å². The number of carbonyl (C=O) groups is 1. The number of hydrogen-bond donors (Lipinski definition) is 1. The summed E-state index contributed by atoms with van der Waals surface area (Å²) in [4.78, 5) is 20.4. The Balaban J connectivity index is 1.91. The van der Waals surface area contributed by atoms with Crippen molar-refractivity contribution >= 4 is 34.4 Å². The van der Waals surface area contributed by atoms with Crippen LogP contribution in [0.4, 0.5) is 10.2 Å². The van der Waals surface area contributed by atoms with Crippen molar-refractivity contribution < 1.29 is 18.7 Å². The summed E-state index contributed by atoms with van der Waals surface area (Å²) in [5.41, 5.74) is 2.32. The fourth-order valence-corrected chi connectivity index (χ4v) is 3.59. The van der Waals surface area contributed by atoms with Gasteiger partial charge in [-0.05, 0) is 12.3 Å². The van der Waals surface area contributed by atoms with Crippen LogP contribution in [-0.2, 0) is 11.8 Å². The number of amides is 1. The first-order chi connectivity index (χ1) is 13.5. The topological polar surface area (TPSA) is 78.3 Å². The van der Waals surface area contributed by atoms with E-state index in [1.165, 1.54) is 18.7 Å². The van der Waals surface area contributed by atoms with Gasteiger partial charge in [0, 0.05) is 37.2 Å². The Bertz CT molecular complexity index is 1070. The van der Waals surface area contributed by atoms with Gasteiger partial charge in [0.05, 0.1) is 11.7 Å². The lowest BCUT2D eigenvalue weighted by Gasteiger charge is -2.26. The smallest absolute Gasteiger partial charge is 0.222 e. The lowest BCUT2D eigenvalue weighted by molar-refractivity contribution is -0.114. The second-order valence-electron chi connectivity index (χ2n) is 6.47. The van der Waals surface area contributed by atoms with Crippen LogP contribution >= 0.6 is 11.8 Å². The van der Waals surface area contributed by atoms with Crippen LogP contribution in [0.15, 0.2) is 29.6 Å². The minimum absolute atomic E-state index is 0.125. The molecule has 1 amide bonds. The molecule has 1 aliphatic rings. The predicted molar refractivity (Wildman–Crippen MR) is 106 cm³/mol. The summed E-state index contributed by atoms with van der Waals surface area (Å²) in [6.45, 7) is 0.941. The highest BCUT2D eigenvalue weighted by Gasteiger charge is 2.27. The van der Waals surface area contributed by atoms with Crippen LogP contribution < -0.4 is 14.8 Å². The number of nitrogens with one attached hydrogen (secondary N) is 1. The normalized spacial score (nSPS) is 15.6. The number of alkyl halides is 1. The van der Waals surface area contributed by atoms with Crippen molar-refractivity contribution in [2.75, 3.05) is 24.9 Å². The van der Waals surface area contributed by atoms with Crippen molar-refractivity contribution in [1.29, 1.82) is 0 Å². The molecule has 1 unspecified atom stereocenters. The maximum atomic E-state index is 13.1. The first kappa shape index (κ1) is 18.5. The summed E-state index contributed by atoms with van der Waals surface area (Å²) in [5.74, 6) is 1.24. The van der Waals surface area contributed by atoms with Gasteiger partial charge < -0.3 is 19.4 Å². The Kier molecular flexibility index (Phi) is 4.84. The molecule has 0 aliphatic carbocycles. The van der Waals surface area contributed by atoms with E-state index in [9.17, 15) is 9.18 Å². The van der Waals surface area contributed by atoms with E-state index in [4.69, 9.17) is 14.5 Å². The molecular weight excluding hydrogens is 383 g/mol. The number of ether oxygens (including phenoxy) is 2. The van der Waals surface area contributed by atoms with Gasteiger partial charge in [-0.1, -0.05) is 0 Å². The SMILES string of the molecule is CSc1cc2c(c(-c3cn(C)c4cnc(NC(C)=O)cc34)n1)OCC(CF)O2. The average Bonchev–Trinajstić information content (AvgIpc) is 3.01. The summed E-state index contributed by atoms with van der Waals surface area (Å²) in [5, 5.41) is 4.31. The predicted octanol–water partition coefficient (Wildman–Crippen LogP) is 3.42. The summed E-state index contributed by atoms with van der Waals surface area (Å²) < 4.78 is 26.6. The number of rotatable bonds is 4. The monoisotopic (exact) mass is 402 g/mol. The molecule has 28 heavy (non-hydrogen) atoms. The maximum Gasteiger partial charge on any atom is 0.222 e. The molecule has 146 valence electrons. The molecule has 0 bridgehead atoms. The summed E-state index contributed by atoms with van der Waals surface area (Å²) >= 11 is 1.47. The average molecular weight is 402 g/mol. The summed E-state index contributed by atoms with van der Waals surface area (Å²) in [7, 11) is 1.91. The van der Waals surface area contributed by atoms with Crippen molar-refractivity contribution in [3.63, 3.8) is 0 Å². The number of halogens is 1. The molecule has 7 nitrogen and oxygen atoms in total. The number of pyridine rings is 2. The van der Waals surface area contributed by atoms with Gasteiger partial charge in [-0.3, -0.25) is 4.79 Å². The lowest BCUT2D eigenvalue weighted by Crippen LogP contribution is -2.31. The zero-order valence-electron chi connectivity index (χ0n) is 15.7. The molecule has 3 aromatic heterocycles. The number of thioether (sulfide) groups is 1. The van der Waals surface area contributed by atoms with Gasteiger partial charge in [0.2, 0.25) is 5.91 Å². The molecule has 1 N–H and O–H groups in total. The van der Waals surface area contributed by atoms with Crippen LogP contribution in [0, 0.1) is 0 Å².